The summed E-state index contributed by atoms with van der Waals surface area (Å²) in [6, 6.07) is 9.83. The Morgan fingerprint density at radius 3 is 2.71 bits per heavy atom. The Morgan fingerprint density at radius 2 is 2.00 bits per heavy atom. The zero-order valence-electron chi connectivity index (χ0n) is 18.2. The number of ether oxygens (including phenoxy) is 1. The molecule has 0 unspecified atom stereocenters. The number of carbonyl (C=O) groups is 2. The molecule has 0 aliphatic heterocycles. The van der Waals surface area contributed by atoms with Crippen molar-refractivity contribution in [3.63, 3.8) is 0 Å². The number of aromatic nitrogens is 1. The number of fused-ring (bicyclic) bond motifs is 1. The van der Waals surface area contributed by atoms with E-state index in [0.717, 1.165) is 23.7 Å². The average Bonchev–Trinajstić information content (AvgIpc) is 3.12. The van der Waals surface area contributed by atoms with E-state index in [1.165, 1.54) is 0 Å². The number of carbonyl (C=O) groups excluding carboxylic acids is 2. The lowest BCUT2D eigenvalue weighted by Gasteiger charge is -2.11. The molecular formula is C24H32N4O3. The van der Waals surface area contributed by atoms with Crippen molar-refractivity contribution < 1.29 is 14.3 Å². The molecule has 31 heavy (non-hydrogen) atoms. The van der Waals surface area contributed by atoms with Gasteiger partial charge in [0.1, 0.15) is 5.69 Å². The third-order valence-corrected chi connectivity index (χ3v) is 4.83. The van der Waals surface area contributed by atoms with Gasteiger partial charge in [0.2, 0.25) is 5.91 Å². The molecule has 2 aromatic rings. The molecule has 166 valence electrons. The van der Waals surface area contributed by atoms with Gasteiger partial charge in [-0.2, -0.15) is 0 Å². The maximum absolute atomic E-state index is 12.7. The van der Waals surface area contributed by atoms with Gasteiger partial charge < -0.3 is 25.7 Å². The molecule has 7 heteroatoms. The van der Waals surface area contributed by atoms with Crippen LogP contribution < -0.4 is 16.4 Å². The number of benzene rings is 1. The highest BCUT2D eigenvalue weighted by Gasteiger charge is 2.15. The molecule has 0 fully saturated rings. The number of nitrogens with one attached hydrogen (secondary N) is 2. The summed E-state index contributed by atoms with van der Waals surface area (Å²) in [6.07, 6.45) is 5.86. The number of methoxy groups -OCH3 is 1. The molecule has 0 spiro atoms. The molecule has 0 saturated carbocycles. The molecule has 2 rings (SSSR count). The minimum atomic E-state index is -0.119. The molecule has 1 aromatic heterocycles. The molecule has 0 saturated heterocycles. The standard InChI is InChI=1S/C24H32N4O3/c1-4-10-20(18(2)25)27-23(29)13-6-5-9-14-26-24(30)22-17-19-11-7-8-12-21(19)28(22)15-16-31-3/h4,7-8,10-12,17H,1-2,5-6,9,13-16,25H2,3H3,(H,26,30)(H,27,29)/b20-10+. The number of para-hydroxylation sites is 1. The number of nitrogens with two attached hydrogens (primary N) is 1. The predicted octanol–water partition coefficient (Wildman–Crippen LogP) is 3.24. The summed E-state index contributed by atoms with van der Waals surface area (Å²) in [5.74, 6) is -0.225. The average molecular weight is 425 g/mol. The van der Waals surface area contributed by atoms with Gasteiger partial charge >= 0.3 is 0 Å². The lowest BCUT2D eigenvalue weighted by Crippen LogP contribution is -2.27. The molecule has 1 aromatic carbocycles. The van der Waals surface area contributed by atoms with Gasteiger partial charge in [0.25, 0.3) is 5.91 Å². The van der Waals surface area contributed by atoms with E-state index in [1.807, 2.05) is 34.9 Å². The van der Waals surface area contributed by atoms with Crippen LogP contribution in [0, 0.1) is 0 Å². The third-order valence-electron chi connectivity index (χ3n) is 4.83. The molecule has 0 aliphatic carbocycles. The van der Waals surface area contributed by atoms with Crippen LogP contribution in [0.25, 0.3) is 10.9 Å². The highest BCUT2D eigenvalue weighted by Crippen LogP contribution is 2.20. The lowest BCUT2D eigenvalue weighted by atomic mass is 10.2. The number of unbranched alkanes of at least 4 members (excludes halogenated alkanes) is 2. The van der Waals surface area contributed by atoms with Crippen LogP contribution in [0.5, 0.6) is 0 Å². The Labute approximate surface area is 183 Å². The molecule has 0 radical (unpaired) electrons. The maximum atomic E-state index is 12.7. The molecule has 2 amide bonds. The molecule has 0 bridgehead atoms. The van der Waals surface area contributed by atoms with Crippen molar-refractivity contribution in [1.29, 1.82) is 0 Å². The van der Waals surface area contributed by atoms with Crippen molar-refractivity contribution in [3.05, 3.63) is 72.7 Å². The summed E-state index contributed by atoms with van der Waals surface area (Å²) >= 11 is 0. The van der Waals surface area contributed by atoms with Crippen molar-refractivity contribution in [1.82, 2.24) is 15.2 Å². The van der Waals surface area contributed by atoms with Gasteiger partial charge in [0.05, 0.1) is 12.3 Å². The van der Waals surface area contributed by atoms with Gasteiger partial charge in [-0.15, -0.1) is 0 Å². The highest BCUT2D eigenvalue weighted by atomic mass is 16.5. The summed E-state index contributed by atoms with van der Waals surface area (Å²) in [4.78, 5) is 24.7. The van der Waals surface area contributed by atoms with Gasteiger partial charge in [-0.3, -0.25) is 9.59 Å². The fraction of sp³-hybridized carbons (Fsp3) is 0.333. The molecule has 0 aliphatic rings. The van der Waals surface area contributed by atoms with Gasteiger partial charge in [-0.05, 0) is 31.1 Å². The molecule has 1 heterocycles. The van der Waals surface area contributed by atoms with Crippen LogP contribution in [0.2, 0.25) is 0 Å². The van der Waals surface area contributed by atoms with E-state index in [4.69, 9.17) is 10.5 Å². The summed E-state index contributed by atoms with van der Waals surface area (Å²) in [5.41, 5.74) is 8.03. The smallest absolute Gasteiger partial charge is 0.267 e. The fourth-order valence-corrected chi connectivity index (χ4v) is 3.26. The Hall–Kier alpha value is -3.32. The first-order valence-electron chi connectivity index (χ1n) is 10.4. The van der Waals surface area contributed by atoms with Gasteiger partial charge in [-0.25, -0.2) is 0 Å². The molecule has 7 nitrogen and oxygen atoms in total. The monoisotopic (exact) mass is 424 g/mol. The first kappa shape index (κ1) is 24.0. The van der Waals surface area contributed by atoms with Crippen LogP contribution in [-0.4, -0.2) is 36.6 Å². The highest BCUT2D eigenvalue weighted by molar-refractivity contribution is 5.98. The number of nitrogens with zero attached hydrogens (tertiary/aromatic N) is 1. The Bertz CT molecular complexity index is 959. The van der Waals surface area contributed by atoms with Crippen LogP contribution in [0.1, 0.15) is 36.2 Å². The quantitative estimate of drug-likeness (QED) is 0.340. The van der Waals surface area contributed by atoms with E-state index in [0.29, 0.717) is 49.6 Å². The summed E-state index contributed by atoms with van der Waals surface area (Å²) < 4.78 is 7.17. The van der Waals surface area contributed by atoms with E-state index >= 15 is 0 Å². The van der Waals surface area contributed by atoms with E-state index in [-0.39, 0.29) is 11.8 Å². The van der Waals surface area contributed by atoms with Crippen molar-refractivity contribution in [3.8, 4) is 0 Å². The van der Waals surface area contributed by atoms with Gasteiger partial charge in [0.15, 0.2) is 0 Å². The van der Waals surface area contributed by atoms with Crippen LogP contribution in [0.4, 0.5) is 0 Å². The summed E-state index contributed by atoms with van der Waals surface area (Å²) in [6.45, 7) is 8.90. The van der Waals surface area contributed by atoms with Crippen molar-refractivity contribution in [2.45, 2.75) is 32.2 Å². The topological polar surface area (TPSA) is 98.4 Å². The largest absolute Gasteiger partial charge is 0.398 e. The first-order chi connectivity index (χ1) is 15.0. The predicted molar refractivity (Wildman–Crippen MR) is 124 cm³/mol. The minimum Gasteiger partial charge on any atom is -0.398 e. The minimum absolute atomic E-state index is 0.106. The Morgan fingerprint density at radius 1 is 1.23 bits per heavy atom. The van der Waals surface area contributed by atoms with Crippen molar-refractivity contribution in [2.24, 2.45) is 5.73 Å². The number of allylic oxidation sites excluding steroid dienone is 2. The lowest BCUT2D eigenvalue weighted by molar-refractivity contribution is -0.120. The van der Waals surface area contributed by atoms with Gasteiger partial charge in [0, 0.05) is 43.2 Å². The van der Waals surface area contributed by atoms with E-state index < -0.39 is 0 Å². The van der Waals surface area contributed by atoms with Crippen molar-refractivity contribution >= 4 is 22.7 Å². The van der Waals surface area contributed by atoms with E-state index in [1.54, 1.807) is 19.3 Å². The van der Waals surface area contributed by atoms with Crippen LogP contribution in [0.15, 0.2) is 67.0 Å². The second-order valence-electron chi connectivity index (χ2n) is 7.19. The van der Waals surface area contributed by atoms with Crippen molar-refractivity contribution in [2.75, 3.05) is 20.3 Å². The summed E-state index contributed by atoms with van der Waals surface area (Å²) in [7, 11) is 1.65. The normalized spacial score (nSPS) is 11.3. The fourth-order valence-electron chi connectivity index (χ4n) is 3.26. The zero-order chi connectivity index (χ0) is 22.6. The van der Waals surface area contributed by atoms with Crippen LogP contribution >= 0.6 is 0 Å². The number of hydrogen-bond acceptors (Lipinski definition) is 4. The molecular weight excluding hydrogens is 392 g/mol. The van der Waals surface area contributed by atoms with Gasteiger partial charge in [-0.1, -0.05) is 43.9 Å². The van der Waals surface area contributed by atoms with Crippen LogP contribution in [-0.2, 0) is 16.1 Å². The summed E-state index contributed by atoms with van der Waals surface area (Å²) in [5, 5.41) is 6.73. The second-order valence-corrected chi connectivity index (χ2v) is 7.19. The SMILES string of the molecule is C=C/C=C(/NC(=O)CCCCCNC(=O)c1cc2ccccc2n1CCOC)C(=C)N. The van der Waals surface area contributed by atoms with E-state index in [2.05, 4.69) is 23.8 Å². The zero-order valence-corrected chi connectivity index (χ0v) is 18.2. The first-order valence-corrected chi connectivity index (χ1v) is 10.4. The second kappa shape index (κ2) is 12.4. The number of hydrogen-bond donors (Lipinski definition) is 3. The number of amides is 2. The molecule has 4 N–H and O–H groups in total. The maximum Gasteiger partial charge on any atom is 0.267 e. The van der Waals surface area contributed by atoms with E-state index in [9.17, 15) is 9.59 Å². The van der Waals surface area contributed by atoms with Crippen LogP contribution in [0.3, 0.4) is 0 Å². The Balaban J connectivity index is 1.79. The third kappa shape index (κ3) is 7.15. The molecule has 0 atom stereocenters. The Kier molecular flexibility index (Phi) is 9.58. The number of rotatable bonds is 13.